The number of nitrogens with two attached hydrogens (primary N) is 1. The Kier molecular flexibility index (Phi) is 5.48. The summed E-state index contributed by atoms with van der Waals surface area (Å²) < 4.78 is 11.2. The number of ether oxygens (including phenoxy) is 2. The maximum absolute atomic E-state index is 8.60. The van der Waals surface area contributed by atoms with Crippen LogP contribution in [-0.4, -0.2) is 13.2 Å². The van der Waals surface area contributed by atoms with Gasteiger partial charge in [-0.05, 0) is 29.8 Å². The maximum atomic E-state index is 8.60. The van der Waals surface area contributed by atoms with Crippen molar-refractivity contribution in [3.8, 4) is 17.6 Å². The first-order chi connectivity index (χ1) is 10.3. The molecule has 0 amide bonds. The molecule has 2 aromatic rings. The monoisotopic (exact) mass is 282 g/mol. The zero-order valence-electron chi connectivity index (χ0n) is 11.8. The van der Waals surface area contributed by atoms with Crippen LogP contribution in [-0.2, 0) is 6.42 Å². The van der Waals surface area contributed by atoms with Crippen molar-refractivity contribution < 1.29 is 9.47 Å². The lowest BCUT2D eigenvalue weighted by Crippen LogP contribution is -2.06. The summed E-state index contributed by atoms with van der Waals surface area (Å²) in [6.45, 7) is 1.13. The minimum Gasteiger partial charge on any atom is -0.493 e. The van der Waals surface area contributed by atoms with Gasteiger partial charge in [-0.15, -0.1) is 0 Å². The van der Waals surface area contributed by atoms with Crippen LogP contribution in [0.2, 0.25) is 0 Å². The molecule has 0 radical (unpaired) electrons. The van der Waals surface area contributed by atoms with Crippen LogP contribution >= 0.6 is 0 Å². The van der Waals surface area contributed by atoms with Crippen molar-refractivity contribution in [3.05, 3.63) is 54.1 Å². The van der Waals surface area contributed by atoms with E-state index in [4.69, 9.17) is 20.5 Å². The zero-order valence-corrected chi connectivity index (χ0v) is 11.8. The molecule has 2 N–H and O–H groups in total. The number of benzene rings is 2. The normalized spacial score (nSPS) is 9.86. The first kappa shape index (κ1) is 14.7. The van der Waals surface area contributed by atoms with Gasteiger partial charge in [0.05, 0.1) is 31.4 Å². The number of hydrogen-bond acceptors (Lipinski definition) is 4. The molecule has 0 spiro atoms. The van der Waals surface area contributed by atoms with Crippen LogP contribution in [0.3, 0.4) is 0 Å². The molecule has 0 fully saturated rings. The van der Waals surface area contributed by atoms with Crippen LogP contribution in [0.1, 0.15) is 12.0 Å². The lowest BCUT2D eigenvalue weighted by molar-refractivity contribution is 0.248. The highest BCUT2D eigenvalue weighted by atomic mass is 16.5. The Morgan fingerprint density at radius 2 is 1.67 bits per heavy atom. The molecule has 0 aliphatic heterocycles. The predicted octanol–water partition coefficient (Wildman–Crippen LogP) is 3.18. The van der Waals surface area contributed by atoms with Crippen molar-refractivity contribution >= 4 is 5.69 Å². The number of nitriles is 1. The van der Waals surface area contributed by atoms with Gasteiger partial charge in [-0.3, -0.25) is 0 Å². The van der Waals surface area contributed by atoms with Crippen LogP contribution in [0.25, 0.3) is 0 Å². The highest BCUT2D eigenvalue weighted by Gasteiger charge is 1.99. The minimum atomic E-state index is 0.423. The number of nitrogen functional groups attached to an aromatic ring is 1. The Balaban J connectivity index is 1.68. The molecule has 0 bridgehead atoms. The van der Waals surface area contributed by atoms with Crippen LogP contribution in [0.4, 0.5) is 5.69 Å². The van der Waals surface area contributed by atoms with Gasteiger partial charge in [-0.25, -0.2) is 0 Å². The van der Waals surface area contributed by atoms with Crippen molar-refractivity contribution in [2.45, 2.75) is 12.8 Å². The van der Waals surface area contributed by atoms with Gasteiger partial charge >= 0.3 is 0 Å². The standard InChI is InChI=1S/C17H18N2O2/c18-11-10-14-6-8-15(9-7-14)20-12-3-13-21-17-5-2-1-4-16(17)19/h1-2,4-9H,3,10,12-13,19H2. The number of hydrogen-bond donors (Lipinski definition) is 1. The van der Waals surface area contributed by atoms with Gasteiger partial charge in [-0.1, -0.05) is 24.3 Å². The van der Waals surface area contributed by atoms with Gasteiger partial charge in [0.15, 0.2) is 0 Å². The lowest BCUT2D eigenvalue weighted by Gasteiger charge is -2.09. The molecule has 4 nitrogen and oxygen atoms in total. The third-order valence-electron chi connectivity index (χ3n) is 2.94. The van der Waals surface area contributed by atoms with E-state index < -0.39 is 0 Å². The summed E-state index contributed by atoms with van der Waals surface area (Å²) in [7, 11) is 0. The minimum absolute atomic E-state index is 0.423. The Morgan fingerprint density at radius 1 is 0.952 bits per heavy atom. The second-order valence-electron chi connectivity index (χ2n) is 4.57. The predicted molar refractivity (Wildman–Crippen MR) is 82.2 cm³/mol. The third kappa shape index (κ3) is 4.73. The van der Waals surface area contributed by atoms with Crippen LogP contribution < -0.4 is 15.2 Å². The summed E-state index contributed by atoms with van der Waals surface area (Å²) in [5.41, 5.74) is 7.42. The molecule has 21 heavy (non-hydrogen) atoms. The molecule has 0 aliphatic rings. The molecule has 0 saturated heterocycles. The van der Waals surface area contributed by atoms with E-state index >= 15 is 0 Å². The molecule has 2 rings (SSSR count). The summed E-state index contributed by atoms with van der Waals surface area (Å²) in [5.74, 6) is 1.51. The van der Waals surface area contributed by atoms with E-state index in [1.54, 1.807) is 0 Å². The van der Waals surface area contributed by atoms with E-state index in [0.29, 0.717) is 31.1 Å². The van der Waals surface area contributed by atoms with Gasteiger partial charge in [-0.2, -0.15) is 5.26 Å². The summed E-state index contributed by atoms with van der Waals surface area (Å²) in [5, 5.41) is 8.60. The summed E-state index contributed by atoms with van der Waals surface area (Å²) in [4.78, 5) is 0. The SMILES string of the molecule is N#CCc1ccc(OCCCOc2ccccc2N)cc1. The van der Waals surface area contributed by atoms with E-state index in [1.165, 1.54) is 0 Å². The average molecular weight is 282 g/mol. The molecule has 108 valence electrons. The van der Waals surface area contributed by atoms with Gasteiger partial charge in [0.1, 0.15) is 11.5 Å². The fourth-order valence-electron chi connectivity index (χ4n) is 1.84. The second kappa shape index (κ2) is 7.81. The zero-order chi connectivity index (χ0) is 14.9. The highest BCUT2D eigenvalue weighted by molar-refractivity contribution is 5.51. The van der Waals surface area contributed by atoms with Crippen molar-refractivity contribution in [1.82, 2.24) is 0 Å². The molecule has 0 heterocycles. The van der Waals surface area contributed by atoms with Gasteiger partial charge in [0, 0.05) is 6.42 Å². The van der Waals surface area contributed by atoms with Crippen molar-refractivity contribution in [3.63, 3.8) is 0 Å². The smallest absolute Gasteiger partial charge is 0.142 e. The fourth-order valence-corrected chi connectivity index (χ4v) is 1.84. The third-order valence-corrected chi connectivity index (χ3v) is 2.94. The van der Waals surface area contributed by atoms with Crippen molar-refractivity contribution in [1.29, 1.82) is 5.26 Å². The van der Waals surface area contributed by atoms with E-state index in [-0.39, 0.29) is 0 Å². The molecule has 0 atom stereocenters. The first-order valence-corrected chi connectivity index (χ1v) is 6.85. The molecular weight excluding hydrogens is 264 g/mol. The topological polar surface area (TPSA) is 68.3 Å². The Morgan fingerprint density at radius 3 is 2.38 bits per heavy atom. The van der Waals surface area contributed by atoms with E-state index in [2.05, 4.69) is 6.07 Å². The largest absolute Gasteiger partial charge is 0.493 e. The van der Waals surface area contributed by atoms with E-state index in [1.807, 2.05) is 48.5 Å². The summed E-state index contributed by atoms with van der Waals surface area (Å²) >= 11 is 0. The number of nitrogens with zero attached hydrogens (tertiary/aromatic N) is 1. The van der Waals surface area contributed by atoms with Gasteiger partial charge < -0.3 is 15.2 Å². The molecule has 0 aliphatic carbocycles. The molecule has 4 heteroatoms. The number of rotatable bonds is 7. The Bertz CT molecular complexity index is 603. The molecule has 0 aromatic heterocycles. The van der Waals surface area contributed by atoms with E-state index in [9.17, 15) is 0 Å². The second-order valence-corrected chi connectivity index (χ2v) is 4.57. The molecule has 0 unspecified atom stereocenters. The van der Waals surface area contributed by atoms with Crippen LogP contribution in [0.15, 0.2) is 48.5 Å². The Hall–Kier alpha value is -2.67. The van der Waals surface area contributed by atoms with Gasteiger partial charge in [0.25, 0.3) is 0 Å². The van der Waals surface area contributed by atoms with E-state index in [0.717, 1.165) is 17.7 Å². The summed E-state index contributed by atoms with van der Waals surface area (Å²) in [6.07, 6.45) is 1.20. The summed E-state index contributed by atoms with van der Waals surface area (Å²) in [6, 6.07) is 17.1. The number of anilines is 1. The lowest BCUT2D eigenvalue weighted by atomic mass is 10.2. The average Bonchev–Trinajstić information content (AvgIpc) is 2.51. The van der Waals surface area contributed by atoms with Crippen molar-refractivity contribution in [2.24, 2.45) is 0 Å². The fraction of sp³-hybridized carbons (Fsp3) is 0.235. The highest BCUT2D eigenvalue weighted by Crippen LogP contribution is 2.19. The maximum Gasteiger partial charge on any atom is 0.142 e. The van der Waals surface area contributed by atoms with Crippen LogP contribution in [0, 0.1) is 11.3 Å². The molecule has 0 saturated carbocycles. The molecule has 2 aromatic carbocycles. The Labute approximate surface area is 124 Å². The van der Waals surface area contributed by atoms with Crippen LogP contribution in [0.5, 0.6) is 11.5 Å². The van der Waals surface area contributed by atoms with Gasteiger partial charge in [0.2, 0.25) is 0 Å². The number of para-hydroxylation sites is 2. The quantitative estimate of drug-likeness (QED) is 0.625. The first-order valence-electron chi connectivity index (χ1n) is 6.85. The molecular formula is C17H18N2O2. The van der Waals surface area contributed by atoms with Crippen molar-refractivity contribution in [2.75, 3.05) is 18.9 Å².